The van der Waals surface area contributed by atoms with Crippen molar-refractivity contribution < 1.29 is 14.3 Å². The maximum absolute atomic E-state index is 11.3. The average Bonchev–Trinajstić information content (AvgIpc) is 2.03. The molecule has 0 aromatic rings. The molecule has 0 unspecified atom stereocenters. The first-order valence-corrected chi connectivity index (χ1v) is 4.64. The number of nitrogens with one attached hydrogen (secondary N) is 1. The van der Waals surface area contributed by atoms with Gasteiger partial charge in [-0.15, -0.1) is 0 Å². The van der Waals surface area contributed by atoms with Crippen molar-refractivity contribution in [3.05, 3.63) is 0 Å². The summed E-state index contributed by atoms with van der Waals surface area (Å²) in [5, 5.41) is 2.46. The van der Waals surface area contributed by atoms with E-state index in [4.69, 9.17) is 0 Å². The number of alkyl carbamates (subject to hydrolysis) is 1. The maximum atomic E-state index is 11.3. The summed E-state index contributed by atoms with van der Waals surface area (Å²) in [7, 11) is 0. The lowest BCUT2D eigenvalue weighted by atomic mass is 10.1. The molecule has 0 aromatic heterocycles. The van der Waals surface area contributed by atoms with Crippen molar-refractivity contribution in [3.8, 4) is 0 Å². The molecule has 12 heavy (non-hydrogen) atoms. The lowest BCUT2D eigenvalue weighted by Crippen LogP contribution is -2.48. The van der Waals surface area contributed by atoms with Gasteiger partial charge in [0.05, 0.1) is 17.5 Å². The second-order valence-corrected chi connectivity index (χ2v) is 4.01. The zero-order chi connectivity index (χ0) is 9.14. The van der Waals surface area contributed by atoms with E-state index in [2.05, 4.69) is 26.0 Å². The van der Waals surface area contributed by atoms with Gasteiger partial charge in [-0.1, -0.05) is 15.9 Å². The van der Waals surface area contributed by atoms with Crippen molar-refractivity contribution in [1.82, 2.24) is 5.32 Å². The van der Waals surface area contributed by atoms with Gasteiger partial charge in [-0.2, -0.15) is 0 Å². The smallest absolute Gasteiger partial charge is 0.407 e. The zero-order valence-electron chi connectivity index (χ0n) is 6.67. The topological polar surface area (TPSA) is 55.4 Å². The third kappa shape index (κ3) is 2.20. The molecule has 0 saturated carbocycles. The molecule has 1 rings (SSSR count). The molecule has 0 bridgehead atoms. The summed E-state index contributed by atoms with van der Waals surface area (Å²) in [6.45, 7) is 2.06. The predicted molar refractivity (Wildman–Crippen MR) is 46.3 cm³/mol. The summed E-state index contributed by atoms with van der Waals surface area (Å²) in [6.07, 6.45) is 0.0494. The van der Waals surface area contributed by atoms with Crippen LogP contribution in [0, 0.1) is 0 Å². The minimum atomic E-state index is -0.507. The van der Waals surface area contributed by atoms with Crippen molar-refractivity contribution >= 4 is 27.8 Å². The number of carbonyl (C=O) groups is 2. The van der Waals surface area contributed by atoms with Gasteiger partial charge in [-0.05, 0) is 6.92 Å². The van der Waals surface area contributed by atoms with E-state index in [0.29, 0.717) is 13.0 Å². The van der Waals surface area contributed by atoms with Gasteiger partial charge in [0, 0.05) is 6.42 Å². The minimum Gasteiger partial charge on any atom is -0.449 e. The molecule has 1 amide bonds. The zero-order valence-corrected chi connectivity index (χ0v) is 8.26. The van der Waals surface area contributed by atoms with Crippen LogP contribution in [0.5, 0.6) is 0 Å². The standard InChI is InChI=1S/C7H10BrNO3/c1-4(8)6(10)5-2-3-12-7(11)9-5/h4-5H,2-3H2,1H3,(H,9,11)/t4-,5+/m1/s1. The number of ketones is 1. The molecule has 0 aromatic carbocycles. The van der Waals surface area contributed by atoms with Crippen LogP contribution in [0.1, 0.15) is 13.3 Å². The Hall–Kier alpha value is -0.580. The molecule has 0 spiro atoms. The van der Waals surface area contributed by atoms with Crippen molar-refractivity contribution in [1.29, 1.82) is 0 Å². The van der Waals surface area contributed by atoms with E-state index in [9.17, 15) is 9.59 Å². The highest BCUT2D eigenvalue weighted by Crippen LogP contribution is 2.09. The Bertz CT molecular complexity index is 205. The number of cyclic esters (lactones) is 1. The number of ether oxygens (including phenoxy) is 1. The third-order valence-corrected chi connectivity index (χ3v) is 2.12. The number of hydrogen-bond donors (Lipinski definition) is 1. The van der Waals surface area contributed by atoms with Crippen LogP contribution in [0.4, 0.5) is 4.79 Å². The molecule has 1 aliphatic rings. The molecule has 1 aliphatic heterocycles. The van der Waals surface area contributed by atoms with Crippen LogP contribution >= 0.6 is 15.9 Å². The fraction of sp³-hybridized carbons (Fsp3) is 0.714. The van der Waals surface area contributed by atoms with Crippen LogP contribution < -0.4 is 5.32 Å². The Morgan fingerprint density at radius 3 is 3.00 bits per heavy atom. The first kappa shape index (κ1) is 9.51. The van der Waals surface area contributed by atoms with E-state index < -0.39 is 6.09 Å². The van der Waals surface area contributed by atoms with Crippen molar-refractivity contribution in [3.63, 3.8) is 0 Å². The third-order valence-electron chi connectivity index (χ3n) is 1.67. The van der Waals surface area contributed by atoms with Gasteiger partial charge in [0.1, 0.15) is 0 Å². The van der Waals surface area contributed by atoms with Crippen molar-refractivity contribution in [2.75, 3.05) is 6.61 Å². The van der Waals surface area contributed by atoms with Crippen LogP contribution in [-0.2, 0) is 9.53 Å². The maximum Gasteiger partial charge on any atom is 0.407 e. The molecule has 68 valence electrons. The average molecular weight is 236 g/mol. The Balaban J connectivity index is 2.51. The summed E-state index contributed by atoms with van der Waals surface area (Å²) < 4.78 is 4.62. The Morgan fingerprint density at radius 2 is 2.50 bits per heavy atom. The van der Waals surface area contributed by atoms with Gasteiger partial charge >= 0.3 is 6.09 Å². The van der Waals surface area contributed by atoms with Crippen molar-refractivity contribution in [2.45, 2.75) is 24.2 Å². The second-order valence-electron chi connectivity index (χ2n) is 2.64. The van der Waals surface area contributed by atoms with Gasteiger partial charge in [-0.3, -0.25) is 4.79 Å². The fourth-order valence-corrected chi connectivity index (χ4v) is 1.34. The van der Waals surface area contributed by atoms with E-state index in [0.717, 1.165) is 0 Å². The molecule has 4 nitrogen and oxygen atoms in total. The second kappa shape index (κ2) is 3.89. The van der Waals surface area contributed by atoms with Gasteiger partial charge in [0.2, 0.25) is 0 Å². The summed E-state index contributed by atoms with van der Waals surface area (Å²) in [6, 6.07) is -0.388. The number of rotatable bonds is 2. The minimum absolute atomic E-state index is 0.00773. The van der Waals surface area contributed by atoms with Crippen LogP contribution in [0.25, 0.3) is 0 Å². The highest BCUT2D eigenvalue weighted by atomic mass is 79.9. The van der Waals surface area contributed by atoms with E-state index in [-0.39, 0.29) is 16.7 Å². The molecule has 1 heterocycles. The van der Waals surface area contributed by atoms with Gasteiger partial charge in [-0.25, -0.2) is 4.79 Å². The van der Waals surface area contributed by atoms with E-state index in [1.807, 2.05) is 0 Å². The highest BCUT2D eigenvalue weighted by molar-refractivity contribution is 9.10. The molecule has 1 fully saturated rings. The fourth-order valence-electron chi connectivity index (χ4n) is 1.02. The normalized spacial score (nSPS) is 25.5. The molecular formula is C7H10BrNO3. The quantitative estimate of drug-likeness (QED) is 0.722. The van der Waals surface area contributed by atoms with Crippen molar-refractivity contribution in [2.24, 2.45) is 0 Å². The van der Waals surface area contributed by atoms with Crippen LogP contribution in [0.2, 0.25) is 0 Å². The predicted octanol–water partition coefficient (Wildman–Crippen LogP) is 0.837. The Kier molecular flexibility index (Phi) is 3.08. The summed E-state index contributed by atoms with van der Waals surface area (Å²) >= 11 is 3.15. The molecule has 0 aliphatic carbocycles. The van der Waals surface area contributed by atoms with Crippen LogP contribution in [-0.4, -0.2) is 29.4 Å². The molecular weight excluding hydrogens is 226 g/mol. The van der Waals surface area contributed by atoms with Gasteiger partial charge in [0.15, 0.2) is 5.78 Å². The van der Waals surface area contributed by atoms with E-state index >= 15 is 0 Å². The number of amides is 1. The highest BCUT2D eigenvalue weighted by Gasteiger charge is 2.27. The number of alkyl halides is 1. The molecule has 2 atom stereocenters. The Labute approximate surface area is 78.8 Å². The summed E-state index contributed by atoms with van der Waals surface area (Å²) in [4.78, 5) is 21.8. The number of Topliss-reactive ketones (excluding diaryl/α,β-unsaturated/α-hetero) is 1. The first-order chi connectivity index (χ1) is 5.61. The van der Waals surface area contributed by atoms with Gasteiger partial charge < -0.3 is 10.1 Å². The van der Waals surface area contributed by atoms with E-state index in [1.165, 1.54) is 0 Å². The summed E-state index contributed by atoms with van der Waals surface area (Å²) in [5.41, 5.74) is 0. The first-order valence-electron chi connectivity index (χ1n) is 3.72. The van der Waals surface area contributed by atoms with Gasteiger partial charge in [0.25, 0.3) is 0 Å². The largest absolute Gasteiger partial charge is 0.449 e. The monoisotopic (exact) mass is 235 g/mol. The number of carbonyl (C=O) groups excluding carboxylic acids is 2. The van der Waals surface area contributed by atoms with E-state index in [1.54, 1.807) is 6.92 Å². The SMILES string of the molecule is C[C@@H](Br)C(=O)[C@@H]1CCOC(=O)N1. The molecule has 0 radical (unpaired) electrons. The molecule has 1 N–H and O–H groups in total. The lowest BCUT2D eigenvalue weighted by molar-refractivity contribution is -0.121. The Morgan fingerprint density at radius 1 is 1.83 bits per heavy atom. The molecule has 5 heteroatoms. The number of halogens is 1. The summed E-state index contributed by atoms with van der Waals surface area (Å²) in [5.74, 6) is -0.00773. The lowest BCUT2D eigenvalue weighted by Gasteiger charge is -2.22. The number of hydrogen-bond acceptors (Lipinski definition) is 3. The van der Waals surface area contributed by atoms with Crippen LogP contribution in [0.3, 0.4) is 0 Å². The molecule has 1 saturated heterocycles. The van der Waals surface area contributed by atoms with Crippen LogP contribution in [0.15, 0.2) is 0 Å².